The summed E-state index contributed by atoms with van der Waals surface area (Å²) >= 11 is 0. The van der Waals surface area contributed by atoms with Crippen LogP contribution in [-0.4, -0.2) is 23.3 Å². The Bertz CT molecular complexity index is 1040. The van der Waals surface area contributed by atoms with Crippen LogP contribution >= 0.6 is 0 Å². The van der Waals surface area contributed by atoms with E-state index in [1.807, 2.05) is 31.2 Å². The van der Waals surface area contributed by atoms with E-state index >= 15 is 0 Å². The summed E-state index contributed by atoms with van der Waals surface area (Å²) in [7, 11) is 0. The standard InChI is InChI=1S/C33H46O4/c1-6-8-24-19-25-20-33(35,37-21-23-9-11-26(12-10-23)36-7-2)18-17-31(25,4)29-15-16-32(5)27(22(3)34)13-14-28(32)30(24)29/h6,9-12,19,24,27-30,35H,1,7-8,13-18,20-21H2,2-5H3. The van der Waals surface area contributed by atoms with Gasteiger partial charge in [0.05, 0.1) is 13.2 Å². The normalized spacial score (nSPS) is 40.7. The van der Waals surface area contributed by atoms with Crippen molar-refractivity contribution >= 4 is 5.78 Å². The van der Waals surface area contributed by atoms with Crippen LogP contribution in [0.5, 0.6) is 5.75 Å². The van der Waals surface area contributed by atoms with Crippen LogP contribution < -0.4 is 4.74 Å². The van der Waals surface area contributed by atoms with E-state index in [9.17, 15) is 9.90 Å². The van der Waals surface area contributed by atoms with Crippen LogP contribution in [0.25, 0.3) is 0 Å². The number of ether oxygens (including phenoxy) is 2. The van der Waals surface area contributed by atoms with Gasteiger partial charge >= 0.3 is 0 Å². The van der Waals surface area contributed by atoms with Crippen molar-refractivity contribution in [2.24, 2.45) is 40.4 Å². The van der Waals surface area contributed by atoms with E-state index in [1.165, 1.54) is 18.4 Å². The summed E-state index contributed by atoms with van der Waals surface area (Å²) in [4.78, 5) is 12.6. The fourth-order valence-corrected chi connectivity index (χ4v) is 9.06. The Balaban J connectivity index is 1.37. The molecule has 4 aliphatic rings. The monoisotopic (exact) mass is 506 g/mol. The van der Waals surface area contributed by atoms with E-state index in [0.29, 0.717) is 55.5 Å². The molecule has 0 heterocycles. The predicted molar refractivity (Wildman–Crippen MR) is 147 cm³/mol. The first-order chi connectivity index (χ1) is 17.6. The Morgan fingerprint density at radius 2 is 1.86 bits per heavy atom. The van der Waals surface area contributed by atoms with E-state index in [-0.39, 0.29) is 16.7 Å². The van der Waals surface area contributed by atoms with Gasteiger partial charge in [-0.05, 0) is 105 Å². The Labute approximate surface area is 223 Å². The minimum absolute atomic E-state index is 0.0900. The maximum absolute atomic E-state index is 12.6. The van der Waals surface area contributed by atoms with Crippen LogP contribution in [0.1, 0.15) is 84.6 Å². The van der Waals surface area contributed by atoms with Gasteiger partial charge in [-0.3, -0.25) is 4.79 Å². The number of hydrogen-bond donors (Lipinski definition) is 1. The molecular weight excluding hydrogens is 460 g/mol. The molecule has 8 unspecified atom stereocenters. The highest BCUT2D eigenvalue weighted by molar-refractivity contribution is 5.79. The summed E-state index contributed by atoms with van der Waals surface area (Å²) in [6.07, 6.45) is 12.3. The molecule has 0 amide bonds. The lowest BCUT2D eigenvalue weighted by Crippen LogP contribution is -2.55. The van der Waals surface area contributed by atoms with Crippen LogP contribution in [-0.2, 0) is 16.1 Å². The zero-order chi connectivity index (χ0) is 26.4. The van der Waals surface area contributed by atoms with Crippen molar-refractivity contribution < 1.29 is 19.4 Å². The zero-order valence-corrected chi connectivity index (χ0v) is 23.3. The van der Waals surface area contributed by atoms with Gasteiger partial charge in [0.15, 0.2) is 5.79 Å². The molecule has 37 heavy (non-hydrogen) atoms. The lowest BCUT2D eigenvalue weighted by atomic mass is 9.45. The fourth-order valence-electron chi connectivity index (χ4n) is 9.06. The molecular formula is C33H46O4. The number of Topliss-reactive ketones (excluding diaryl/α,β-unsaturated/α-hetero) is 1. The van der Waals surface area contributed by atoms with Crippen molar-refractivity contribution in [3.05, 3.63) is 54.1 Å². The topological polar surface area (TPSA) is 55.8 Å². The van der Waals surface area contributed by atoms with Crippen LogP contribution in [0.2, 0.25) is 0 Å². The maximum Gasteiger partial charge on any atom is 0.169 e. The number of carbonyl (C=O) groups is 1. The third-order valence-electron chi connectivity index (χ3n) is 11.0. The van der Waals surface area contributed by atoms with Gasteiger partial charge in [0.1, 0.15) is 11.5 Å². The summed E-state index contributed by atoms with van der Waals surface area (Å²) in [5.74, 6) is 2.52. The lowest BCUT2D eigenvalue weighted by molar-refractivity contribution is -0.232. The first-order valence-electron chi connectivity index (χ1n) is 14.5. The molecule has 5 rings (SSSR count). The van der Waals surface area contributed by atoms with Gasteiger partial charge in [-0.15, -0.1) is 6.58 Å². The van der Waals surface area contributed by atoms with Gasteiger partial charge in [-0.25, -0.2) is 0 Å². The van der Waals surface area contributed by atoms with Gasteiger partial charge in [0.2, 0.25) is 0 Å². The Morgan fingerprint density at radius 1 is 1.11 bits per heavy atom. The smallest absolute Gasteiger partial charge is 0.169 e. The molecule has 4 nitrogen and oxygen atoms in total. The second kappa shape index (κ2) is 10.0. The van der Waals surface area contributed by atoms with E-state index in [0.717, 1.165) is 37.0 Å². The SMILES string of the molecule is C=CCC1C=C2CC(O)(OCc3ccc(OCC)cc3)CCC2(C)C2CCC3(C)C(C(C)=O)CCC3C12. The van der Waals surface area contributed by atoms with Crippen LogP contribution in [0, 0.1) is 40.4 Å². The highest BCUT2D eigenvalue weighted by atomic mass is 16.6. The first kappa shape index (κ1) is 26.7. The summed E-state index contributed by atoms with van der Waals surface area (Å²) in [6, 6.07) is 7.95. The second-order valence-electron chi connectivity index (χ2n) is 12.9. The van der Waals surface area contributed by atoms with E-state index in [2.05, 4.69) is 32.6 Å². The lowest BCUT2D eigenvalue weighted by Gasteiger charge is -2.60. The van der Waals surface area contributed by atoms with Gasteiger partial charge in [-0.1, -0.05) is 43.7 Å². The van der Waals surface area contributed by atoms with Crippen molar-refractivity contribution in [3.8, 4) is 5.75 Å². The summed E-state index contributed by atoms with van der Waals surface area (Å²) in [5, 5.41) is 11.6. The molecule has 202 valence electrons. The number of hydrogen-bond acceptors (Lipinski definition) is 4. The first-order valence-corrected chi connectivity index (χ1v) is 14.5. The molecule has 0 bridgehead atoms. The molecule has 1 N–H and O–H groups in total. The molecule has 1 aromatic rings. The molecule has 8 atom stereocenters. The summed E-state index contributed by atoms with van der Waals surface area (Å²) in [6.45, 7) is 13.8. The van der Waals surface area contributed by atoms with Crippen molar-refractivity contribution in [1.29, 1.82) is 0 Å². The average molecular weight is 507 g/mol. The van der Waals surface area contributed by atoms with E-state index in [1.54, 1.807) is 6.92 Å². The van der Waals surface area contributed by atoms with Crippen molar-refractivity contribution in [2.75, 3.05) is 6.61 Å². The van der Waals surface area contributed by atoms with Crippen molar-refractivity contribution in [3.63, 3.8) is 0 Å². The average Bonchev–Trinajstić information content (AvgIpc) is 3.23. The van der Waals surface area contributed by atoms with Crippen LogP contribution in [0.15, 0.2) is 48.6 Å². The minimum atomic E-state index is -1.13. The predicted octanol–water partition coefficient (Wildman–Crippen LogP) is 7.26. The number of aliphatic hydroxyl groups is 1. The number of ketones is 1. The molecule has 0 saturated heterocycles. The highest BCUT2D eigenvalue weighted by Crippen LogP contribution is 2.68. The molecule has 4 aliphatic carbocycles. The third kappa shape index (κ3) is 4.63. The fraction of sp³-hybridized carbons (Fsp3) is 0.667. The largest absolute Gasteiger partial charge is 0.494 e. The van der Waals surface area contributed by atoms with Gasteiger partial charge < -0.3 is 14.6 Å². The minimum Gasteiger partial charge on any atom is -0.494 e. The van der Waals surface area contributed by atoms with Gasteiger partial charge in [-0.2, -0.15) is 0 Å². The molecule has 0 spiro atoms. The highest BCUT2D eigenvalue weighted by Gasteiger charge is 2.62. The molecule has 4 heteroatoms. The van der Waals surface area contributed by atoms with Crippen LogP contribution in [0.4, 0.5) is 0 Å². The Morgan fingerprint density at radius 3 is 2.54 bits per heavy atom. The van der Waals surface area contributed by atoms with E-state index in [4.69, 9.17) is 9.47 Å². The van der Waals surface area contributed by atoms with Crippen molar-refractivity contribution in [2.45, 2.75) is 91.5 Å². The van der Waals surface area contributed by atoms with Gasteiger partial charge in [0, 0.05) is 18.8 Å². The summed E-state index contributed by atoms with van der Waals surface area (Å²) in [5.41, 5.74) is 2.64. The summed E-state index contributed by atoms with van der Waals surface area (Å²) < 4.78 is 11.8. The quantitative estimate of drug-likeness (QED) is 0.298. The molecule has 0 aromatic heterocycles. The number of carbonyl (C=O) groups excluding carboxylic acids is 1. The Kier molecular flexibility index (Phi) is 7.21. The number of rotatable bonds is 8. The molecule has 3 fully saturated rings. The maximum atomic E-state index is 12.6. The third-order valence-corrected chi connectivity index (χ3v) is 11.0. The number of allylic oxidation sites excluding steroid dienone is 2. The molecule has 3 saturated carbocycles. The molecule has 0 radical (unpaired) electrons. The van der Waals surface area contributed by atoms with Crippen molar-refractivity contribution in [1.82, 2.24) is 0 Å². The number of benzene rings is 1. The molecule has 1 aromatic carbocycles. The van der Waals surface area contributed by atoms with Gasteiger partial charge in [0.25, 0.3) is 0 Å². The second-order valence-corrected chi connectivity index (χ2v) is 12.9. The Hall–Kier alpha value is -1.91. The van der Waals surface area contributed by atoms with E-state index < -0.39 is 5.79 Å². The van der Waals surface area contributed by atoms with Crippen LogP contribution in [0.3, 0.4) is 0 Å². The number of fused-ring (bicyclic) bond motifs is 5. The zero-order valence-electron chi connectivity index (χ0n) is 23.3. The molecule has 0 aliphatic heterocycles.